The molecular weight excluding hydrogens is 335 g/mol. The highest BCUT2D eigenvalue weighted by Gasteiger charge is 2.21. The Labute approximate surface area is 132 Å². The fraction of sp³-hybridized carbons (Fsp3) is 0.312. The second-order valence-electron chi connectivity index (χ2n) is 4.64. The molecular formula is C16H18BrFN2O. The molecule has 0 aliphatic carbocycles. The van der Waals surface area contributed by atoms with Crippen molar-refractivity contribution in [1.82, 2.24) is 10.3 Å². The maximum Gasteiger partial charge on any atom is 0.142 e. The second-order valence-corrected chi connectivity index (χ2v) is 5.50. The van der Waals surface area contributed by atoms with Gasteiger partial charge in [-0.1, -0.05) is 22.9 Å². The van der Waals surface area contributed by atoms with Crippen LogP contribution in [0.15, 0.2) is 41.0 Å². The standard InChI is InChI=1S/C16H18BrFN2O/c1-3-8-19-15(12-10-11(18)6-7-13(12)17)16-14(21-2)5-4-9-20-16/h4-7,9-10,15,19H,3,8H2,1-2H3. The minimum Gasteiger partial charge on any atom is -0.495 e. The molecule has 0 aliphatic heterocycles. The Morgan fingerprint density at radius 2 is 2.19 bits per heavy atom. The summed E-state index contributed by atoms with van der Waals surface area (Å²) in [7, 11) is 1.61. The van der Waals surface area contributed by atoms with Gasteiger partial charge in [0.05, 0.1) is 13.2 Å². The lowest BCUT2D eigenvalue weighted by molar-refractivity contribution is 0.399. The first-order chi connectivity index (χ1) is 10.2. The topological polar surface area (TPSA) is 34.2 Å². The van der Waals surface area contributed by atoms with Gasteiger partial charge in [-0.3, -0.25) is 4.98 Å². The molecule has 2 aromatic rings. The summed E-state index contributed by atoms with van der Waals surface area (Å²) in [6.07, 6.45) is 2.68. The molecule has 1 unspecified atom stereocenters. The Hall–Kier alpha value is -1.46. The molecule has 0 fully saturated rings. The third-order valence-electron chi connectivity index (χ3n) is 3.16. The lowest BCUT2D eigenvalue weighted by Crippen LogP contribution is -2.25. The highest BCUT2D eigenvalue weighted by molar-refractivity contribution is 9.10. The zero-order chi connectivity index (χ0) is 15.2. The fourth-order valence-corrected chi connectivity index (χ4v) is 2.65. The van der Waals surface area contributed by atoms with Crippen LogP contribution in [0.3, 0.4) is 0 Å². The molecule has 0 saturated carbocycles. The van der Waals surface area contributed by atoms with Crippen LogP contribution in [-0.4, -0.2) is 18.6 Å². The quantitative estimate of drug-likeness (QED) is 0.850. The first kappa shape index (κ1) is 15.9. The van der Waals surface area contributed by atoms with Gasteiger partial charge >= 0.3 is 0 Å². The van der Waals surface area contributed by atoms with Crippen molar-refractivity contribution < 1.29 is 9.13 Å². The molecule has 21 heavy (non-hydrogen) atoms. The summed E-state index contributed by atoms with van der Waals surface area (Å²) in [4.78, 5) is 4.42. The summed E-state index contributed by atoms with van der Waals surface area (Å²) in [5.74, 6) is 0.411. The number of hydrogen-bond acceptors (Lipinski definition) is 3. The van der Waals surface area contributed by atoms with Gasteiger partial charge in [0.15, 0.2) is 0 Å². The minimum absolute atomic E-state index is 0.230. The Kier molecular flexibility index (Phi) is 5.70. The minimum atomic E-state index is -0.272. The van der Waals surface area contributed by atoms with E-state index < -0.39 is 0 Å². The molecule has 0 aliphatic rings. The Morgan fingerprint density at radius 1 is 1.38 bits per heavy atom. The first-order valence-corrected chi connectivity index (χ1v) is 7.64. The van der Waals surface area contributed by atoms with Crippen LogP contribution in [0.1, 0.15) is 30.6 Å². The van der Waals surface area contributed by atoms with Crippen LogP contribution in [-0.2, 0) is 0 Å². The van der Waals surface area contributed by atoms with E-state index in [0.717, 1.165) is 28.7 Å². The highest BCUT2D eigenvalue weighted by atomic mass is 79.9. The molecule has 3 nitrogen and oxygen atoms in total. The van der Waals surface area contributed by atoms with Gasteiger partial charge in [0.1, 0.15) is 17.3 Å². The average molecular weight is 353 g/mol. The number of nitrogens with zero attached hydrogens (tertiary/aromatic N) is 1. The molecule has 1 atom stereocenters. The number of methoxy groups -OCH3 is 1. The van der Waals surface area contributed by atoms with Crippen molar-refractivity contribution in [2.24, 2.45) is 0 Å². The van der Waals surface area contributed by atoms with E-state index in [9.17, 15) is 4.39 Å². The molecule has 0 amide bonds. The van der Waals surface area contributed by atoms with Gasteiger partial charge < -0.3 is 10.1 Å². The van der Waals surface area contributed by atoms with E-state index in [1.54, 1.807) is 19.4 Å². The molecule has 1 aromatic carbocycles. The third kappa shape index (κ3) is 3.80. The van der Waals surface area contributed by atoms with E-state index in [-0.39, 0.29) is 11.9 Å². The highest BCUT2D eigenvalue weighted by Crippen LogP contribution is 2.32. The van der Waals surface area contributed by atoms with Crippen LogP contribution in [0.25, 0.3) is 0 Å². The molecule has 2 rings (SSSR count). The van der Waals surface area contributed by atoms with Crippen LogP contribution in [0.4, 0.5) is 4.39 Å². The van der Waals surface area contributed by atoms with E-state index >= 15 is 0 Å². The van der Waals surface area contributed by atoms with Crippen LogP contribution >= 0.6 is 15.9 Å². The van der Waals surface area contributed by atoms with Gasteiger partial charge in [0, 0.05) is 10.7 Å². The number of rotatable bonds is 6. The van der Waals surface area contributed by atoms with Crippen LogP contribution in [0.2, 0.25) is 0 Å². The summed E-state index contributed by atoms with van der Waals surface area (Å²) >= 11 is 3.49. The second kappa shape index (κ2) is 7.52. The predicted octanol–water partition coefficient (Wildman–Crippen LogP) is 4.08. The van der Waals surface area contributed by atoms with Gasteiger partial charge in [0.25, 0.3) is 0 Å². The maximum atomic E-state index is 13.6. The van der Waals surface area contributed by atoms with Crippen molar-refractivity contribution >= 4 is 15.9 Å². The number of aromatic nitrogens is 1. The summed E-state index contributed by atoms with van der Waals surface area (Å²) in [5, 5.41) is 3.41. The molecule has 1 N–H and O–H groups in total. The first-order valence-electron chi connectivity index (χ1n) is 6.84. The number of pyridine rings is 1. The van der Waals surface area contributed by atoms with Crippen LogP contribution in [0.5, 0.6) is 5.75 Å². The number of ether oxygens (including phenoxy) is 1. The molecule has 112 valence electrons. The van der Waals surface area contributed by atoms with Crippen molar-refractivity contribution in [2.45, 2.75) is 19.4 Å². The lowest BCUT2D eigenvalue weighted by atomic mass is 10.0. The zero-order valence-electron chi connectivity index (χ0n) is 12.1. The SMILES string of the molecule is CCCNC(c1cc(F)ccc1Br)c1ncccc1OC. The monoisotopic (exact) mass is 352 g/mol. The number of nitrogens with one attached hydrogen (secondary N) is 1. The summed E-state index contributed by atoms with van der Waals surface area (Å²) < 4.78 is 19.9. The predicted molar refractivity (Wildman–Crippen MR) is 85.0 cm³/mol. The van der Waals surface area contributed by atoms with E-state index in [0.29, 0.717) is 5.75 Å². The van der Waals surface area contributed by atoms with Crippen molar-refractivity contribution in [3.63, 3.8) is 0 Å². The molecule has 0 spiro atoms. The van der Waals surface area contributed by atoms with Crippen molar-refractivity contribution in [2.75, 3.05) is 13.7 Å². The Bertz CT molecular complexity index is 607. The summed E-state index contributed by atoms with van der Waals surface area (Å²) in [5.41, 5.74) is 1.56. The molecule has 0 bridgehead atoms. The number of hydrogen-bond donors (Lipinski definition) is 1. The van der Waals surface area contributed by atoms with Crippen molar-refractivity contribution in [3.05, 3.63) is 58.1 Å². The van der Waals surface area contributed by atoms with E-state index in [2.05, 4.69) is 33.2 Å². The normalized spacial score (nSPS) is 12.2. The van der Waals surface area contributed by atoms with E-state index in [1.807, 2.05) is 12.1 Å². The van der Waals surface area contributed by atoms with Gasteiger partial charge in [0.2, 0.25) is 0 Å². The molecule has 0 saturated heterocycles. The fourth-order valence-electron chi connectivity index (χ4n) is 2.17. The average Bonchev–Trinajstić information content (AvgIpc) is 2.51. The zero-order valence-corrected chi connectivity index (χ0v) is 13.7. The number of benzene rings is 1. The molecule has 1 heterocycles. The Morgan fingerprint density at radius 3 is 2.90 bits per heavy atom. The molecule has 1 aromatic heterocycles. The van der Waals surface area contributed by atoms with Crippen molar-refractivity contribution in [3.8, 4) is 5.75 Å². The van der Waals surface area contributed by atoms with Crippen molar-refractivity contribution in [1.29, 1.82) is 0 Å². The van der Waals surface area contributed by atoms with Gasteiger partial charge in [-0.05, 0) is 48.9 Å². The largest absolute Gasteiger partial charge is 0.495 e. The summed E-state index contributed by atoms with van der Waals surface area (Å²) in [6, 6.07) is 8.11. The third-order valence-corrected chi connectivity index (χ3v) is 3.88. The smallest absolute Gasteiger partial charge is 0.142 e. The van der Waals surface area contributed by atoms with Gasteiger partial charge in [-0.25, -0.2) is 4.39 Å². The molecule has 0 radical (unpaired) electrons. The van der Waals surface area contributed by atoms with Crippen LogP contribution < -0.4 is 10.1 Å². The lowest BCUT2D eigenvalue weighted by Gasteiger charge is -2.21. The van der Waals surface area contributed by atoms with Gasteiger partial charge in [-0.2, -0.15) is 0 Å². The summed E-state index contributed by atoms with van der Waals surface area (Å²) in [6.45, 7) is 2.88. The van der Waals surface area contributed by atoms with Crippen LogP contribution in [0, 0.1) is 5.82 Å². The van der Waals surface area contributed by atoms with E-state index in [4.69, 9.17) is 4.74 Å². The number of halogens is 2. The van der Waals surface area contributed by atoms with E-state index in [1.165, 1.54) is 12.1 Å². The Balaban J connectivity index is 2.49. The maximum absolute atomic E-state index is 13.6. The van der Waals surface area contributed by atoms with Gasteiger partial charge in [-0.15, -0.1) is 0 Å². The molecule has 5 heteroatoms.